The predicted octanol–water partition coefficient (Wildman–Crippen LogP) is 2.77. The van der Waals surface area contributed by atoms with Gasteiger partial charge in [-0.1, -0.05) is 18.2 Å². The molecule has 0 aliphatic rings. The van der Waals surface area contributed by atoms with Crippen LogP contribution in [0.5, 0.6) is 5.75 Å². The summed E-state index contributed by atoms with van der Waals surface area (Å²) < 4.78 is 11.4. The Balaban J connectivity index is 2.96. The maximum absolute atomic E-state index is 6.06. The molecule has 0 bridgehead atoms. The number of benzene rings is 1. The monoisotopic (exact) mass is 237 g/mol. The van der Waals surface area contributed by atoms with E-state index in [4.69, 9.17) is 9.47 Å². The molecule has 3 heteroatoms. The van der Waals surface area contributed by atoms with Gasteiger partial charge >= 0.3 is 0 Å². The van der Waals surface area contributed by atoms with Crippen molar-refractivity contribution in [1.29, 1.82) is 0 Å². The molecule has 1 rings (SSSR count). The SMILES string of the molecule is CNCC(OC(C)(C)C)c1ccccc1OC. The van der Waals surface area contributed by atoms with Crippen molar-refractivity contribution in [3.63, 3.8) is 0 Å². The lowest BCUT2D eigenvalue weighted by atomic mass is 10.1. The van der Waals surface area contributed by atoms with Crippen molar-refractivity contribution in [3.05, 3.63) is 29.8 Å². The Morgan fingerprint density at radius 3 is 2.41 bits per heavy atom. The molecule has 96 valence electrons. The van der Waals surface area contributed by atoms with Gasteiger partial charge < -0.3 is 14.8 Å². The Labute approximate surface area is 104 Å². The molecule has 0 saturated heterocycles. The first-order valence-electron chi connectivity index (χ1n) is 5.93. The predicted molar refractivity (Wildman–Crippen MR) is 70.5 cm³/mol. The summed E-state index contributed by atoms with van der Waals surface area (Å²) in [6.07, 6.45) is -0.00356. The highest BCUT2D eigenvalue weighted by molar-refractivity contribution is 5.35. The van der Waals surface area contributed by atoms with Gasteiger partial charge in [0.2, 0.25) is 0 Å². The molecule has 0 amide bonds. The molecule has 0 spiro atoms. The smallest absolute Gasteiger partial charge is 0.124 e. The van der Waals surface area contributed by atoms with E-state index in [1.165, 1.54) is 0 Å². The minimum Gasteiger partial charge on any atom is -0.496 e. The minimum atomic E-state index is -0.178. The highest BCUT2D eigenvalue weighted by atomic mass is 16.5. The van der Waals surface area contributed by atoms with Crippen LogP contribution in [0.3, 0.4) is 0 Å². The third-order valence-electron chi connectivity index (χ3n) is 2.37. The van der Waals surface area contributed by atoms with Crippen molar-refractivity contribution in [2.75, 3.05) is 20.7 Å². The second kappa shape index (κ2) is 6.03. The van der Waals surface area contributed by atoms with Crippen molar-refractivity contribution in [2.45, 2.75) is 32.5 Å². The number of nitrogens with one attached hydrogen (secondary N) is 1. The first-order valence-corrected chi connectivity index (χ1v) is 5.93. The van der Waals surface area contributed by atoms with Crippen LogP contribution in [0.15, 0.2) is 24.3 Å². The Kier molecular flexibility index (Phi) is 4.97. The van der Waals surface area contributed by atoms with Crippen LogP contribution >= 0.6 is 0 Å². The Hall–Kier alpha value is -1.06. The lowest BCUT2D eigenvalue weighted by Gasteiger charge is -2.28. The van der Waals surface area contributed by atoms with Crippen LogP contribution in [0, 0.1) is 0 Å². The van der Waals surface area contributed by atoms with E-state index in [1.807, 2.05) is 31.3 Å². The van der Waals surface area contributed by atoms with Crippen LogP contribution in [-0.4, -0.2) is 26.3 Å². The molecule has 17 heavy (non-hydrogen) atoms. The van der Waals surface area contributed by atoms with Gasteiger partial charge in [0, 0.05) is 12.1 Å². The molecular weight excluding hydrogens is 214 g/mol. The van der Waals surface area contributed by atoms with Gasteiger partial charge in [-0.3, -0.25) is 0 Å². The van der Waals surface area contributed by atoms with Crippen LogP contribution in [0.25, 0.3) is 0 Å². The number of likely N-dealkylation sites (N-methyl/N-ethyl adjacent to an activating group) is 1. The van der Waals surface area contributed by atoms with Crippen LogP contribution in [-0.2, 0) is 4.74 Å². The fourth-order valence-corrected chi connectivity index (χ4v) is 1.76. The van der Waals surface area contributed by atoms with Crippen molar-refractivity contribution < 1.29 is 9.47 Å². The summed E-state index contributed by atoms with van der Waals surface area (Å²) in [5, 5.41) is 3.16. The zero-order valence-electron chi connectivity index (χ0n) is 11.4. The molecule has 1 aromatic carbocycles. The summed E-state index contributed by atoms with van der Waals surface area (Å²) in [6.45, 7) is 6.94. The lowest BCUT2D eigenvalue weighted by molar-refractivity contribution is -0.0606. The zero-order valence-corrected chi connectivity index (χ0v) is 11.4. The van der Waals surface area contributed by atoms with Crippen molar-refractivity contribution in [2.24, 2.45) is 0 Å². The molecule has 1 N–H and O–H groups in total. The quantitative estimate of drug-likeness (QED) is 0.854. The van der Waals surface area contributed by atoms with Crippen molar-refractivity contribution >= 4 is 0 Å². The zero-order chi connectivity index (χ0) is 12.9. The molecule has 0 fully saturated rings. The maximum atomic E-state index is 6.06. The summed E-state index contributed by atoms with van der Waals surface area (Å²) in [5.74, 6) is 0.872. The summed E-state index contributed by atoms with van der Waals surface area (Å²) >= 11 is 0. The molecule has 0 aliphatic carbocycles. The fourth-order valence-electron chi connectivity index (χ4n) is 1.76. The van der Waals surface area contributed by atoms with Gasteiger partial charge in [0.15, 0.2) is 0 Å². The van der Waals surface area contributed by atoms with Crippen molar-refractivity contribution in [1.82, 2.24) is 5.32 Å². The van der Waals surface area contributed by atoms with Crippen LogP contribution < -0.4 is 10.1 Å². The van der Waals surface area contributed by atoms with E-state index >= 15 is 0 Å². The average Bonchev–Trinajstić information content (AvgIpc) is 2.27. The van der Waals surface area contributed by atoms with Crippen LogP contribution in [0.1, 0.15) is 32.4 Å². The maximum Gasteiger partial charge on any atom is 0.124 e. The molecule has 1 aromatic rings. The van der Waals surface area contributed by atoms with E-state index in [0.717, 1.165) is 17.9 Å². The van der Waals surface area contributed by atoms with Gasteiger partial charge in [0.05, 0.1) is 18.8 Å². The number of rotatable bonds is 5. The molecule has 0 radical (unpaired) electrons. The molecule has 0 aromatic heterocycles. The van der Waals surface area contributed by atoms with Gasteiger partial charge in [-0.05, 0) is 33.9 Å². The highest BCUT2D eigenvalue weighted by Gasteiger charge is 2.22. The van der Waals surface area contributed by atoms with Gasteiger partial charge in [-0.15, -0.1) is 0 Å². The summed E-state index contributed by atoms with van der Waals surface area (Å²) in [6, 6.07) is 7.99. The van der Waals surface area contributed by atoms with E-state index in [0.29, 0.717) is 0 Å². The molecule has 3 nitrogen and oxygen atoms in total. The largest absolute Gasteiger partial charge is 0.496 e. The van der Waals surface area contributed by atoms with E-state index < -0.39 is 0 Å². The van der Waals surface area contributed by atoms with E-state index in [1.54, 1.807) is 7.11 Å². The van der Waals surface area contributed by atoms with E-state index in [2.05, 4.69) is 26.1 Å². The van der Waals surface area contributed by atoms with Crippen LogP contribution in [0.2, 0.25) is 0 Å². The van der Waals surface area contributed by atoms with Gasteiger partial charge in [0.25, 0.3) is 0 Å². The second-order valence-corrected chi connectivity index (χ2v) is 5.02. The Bertz CT molecular complexity index is 344. The number of hydrogen-bond acceptors (Lipinski definition) is 3. The van der Waals surface area contributed by atoms with E-state index in [-0.39, 0.29) is 11.7 Å². The third kappa shape index (κ3) is 4.36. The standard InChI is InChI=1S/C14H23NO2/c1-14(2,3)17-13(10-15-4)11-8-6-7-9-12(11)16-5/h6-9,13,15H,10H2,1-5H3. The molecule has 0 saturated carbocycles. The first kappa shape index (κ1) is 14.0. The highest BCUT2D eigenvalue weighted by Crippen LogP contribution is 2.30. The normalized spacial score (nSPS) is 13.5. The first-order chi connectivity index (χ1) is 7.98. The minimum absolute atomic E-state index is 0.00356. The summed E-state index contributed by atoms with van der Waals surface area (Å²) in [4.78, 5) is 0. The number of ether oxygens (including phenoxy) is 2. The lowest BCUT2D eigenvalue weighted by Crippen LogP contribution is -2.28. The van der Waals surface area contributed by atoms with E-state index in [9.17, 15) is 0 Å². The Morgan fingerprint density at radius 1 is 1.24 bits per heavy atom. The topological polar surface area (TPSA) is 30.5 Å². The average molecular weight is 237 g/mol. The summed E-state index contributed by atoms with van der Waals surface area (Å²) in [5.41, 5.74) is 0.904. The molecule has 0 aliphatic heterocycles. The number of methoxy groups -OCH3 is 1. The van der Waals surface area contributed by atoms with Crippen LogP contribution in [0.4, 0.5) is 0 Å². The summed E-state index contributed by atoms with van der Waals surface area (Å²) in [7, 11) is 3.61. The van der Waals surface area contributed by atoms with Gasteiger partial charge in [-0.25, -0.2) is 0 Å². The van der Waals surface area contributed by atoms with Crippen molar-refractivity contribution in [3.8, 4) is 5.75 Å². The number of hydrogen-bond donors (Lipinski definition) is 1. The second-order valence-electron chi connectivity index (χ2n) is 5.02. The third-order valence-corrected chi connectivity index (χ3v) is 2.37. The fraction of sp³-hybridized carbons (Fsp3) is 0.571. The molecule has 0 heterocycles. The molecule has 1 atom stereocenters. The molecule has 1 unspecified atom stereocenters. The molecular formula is C14H23NO2. The Morgan fingerprint density at radius 2 is 1.88 bits per heavy atom. The number of para-hydroxylation sites is 1. The van der Waals surface area contributed by atoms with Gasteiger partial charge in [-0.2, -0.15) is 0 Å². The van der Waals surface area contributed by atoms with Gasteiger partial charge in [0.1, 0.15) is 5.75 Å².